The number of pyridine rings is 1. The molecule has 2 aromatic carbocycles. The van der Waals surface area contributed by atoms with Crippen molar-refractivity contribution in [2.75, 3.05) is 20.2 Å². The van der Waals surface area contributed by atoms with Gasteiger partial charge >= 0.3 is 0 Å². The molecule has 0 spiro atoms. The van der Waals surface area contributed by atoms with Crippen LogP contribution in [-0.2, 0) is 17.9 Å². The van der Waals surface area contributed by atoms with Crippen molar-refractivity contribution < 1.29 is 19.1 Å². The van der Waals surface area contributed by atoms with Crippen molar-refractivity contribution in [3.05, 3.63) is 88.7 Å². The summed E-state index contributed by atoms with van der Waals surface area (Å²) in [6.07, 6.45) is 2.96. The van der Waals surface area contributed by atoms with Crippen LogP contribution in [0.25, 0.3) is 0 Å². The van der Waals surface area contributed by atoms with Crippen molar-refractivity contribution in [3.63, 3.8) is 0 Å². The summed E-state index contributed by atoms with van der Waals surface area (Å²) >= 11 is 6.07. The maximum Gasteiger partial charge on any atom is 0.257 e. The van der Waals surface area contributed by atoms with Crippen LogP contribution in [0.4, 0.5) is 0 Å². The predicted octanol–water partition coefficient (Wildman–Crippen LogP) is 4.49. The molecule has 1 N–H and O–H groups in total. The summed E-state index contributed by atoms with van der Waals surface area (Å²) in [7, 11) is 1.53. The maximum atomic E-state index is 12.9. The topological polar surface area (TPSA) is 80.8 Å². The first-order valence-corrected chi connectivity index (χ1v) is 11.9. The second-order valence-electron chi connectivity index (χ2n) is 8.38. The maximum absolute atomic E-state index is 12.9. The van der Waals surface area contributed by atoms with E-state index in [1.165, 1.54) is 7.11 Å². The summed E-state index contributed by atoms with van der Waals surface area (Å²) < 4.78 is 11.1. The average molecular weight is 494 g/mol. The number of aromatic nitrogens is 1. The Morgan fingerprint density at radius 1 is 1.09 bits per heavy atom. The van der Waals surface area contributed by atoms with Gasteiger partial charge in [0.25, 0.3) is 5.91 Å². The normalized spacial score (nSPS) is 13.8. The van der Waals surface area contributed by atoms with E-state index < -0.39 is 0 Å². The number of amides is 2. The van der Waals surface area contributed by atoms with Crippen molar-refractivity contribution >= 4 is 23.4 Å². The van der Waals surface area contributed by atoms with Gasteiger partial charge in [0.2, 0.25) is 5.91 Å². The van der Waals surface area contributed by atoms with Gasteiger partial charge < -0.3 is 19.7 Å². The highest BCUT2D eigenvalue weighted by Gasteiger charge is 2.29. The average Bonchev–Trinajstić information content (AvgIpc) is 2.91. The van der Waals surface area contributed by atoms with Gasteiger partial charge in [0.1, 0.15) is 18.1 Å². The van der Waals surface area contributed by atoms with Crippen molar-refractivity contribution in [1.82, 2.24) is 15.2 Å². The third kappa shape index (κ3) is 6.51. The van der Waals surface area contributed by atoms with E-state index in [9.17, 15) is 9.59 Å². The molecule has 1 aliphatic rings. The zero-order valence-corrected chi connectivity index (χ0v) is 20.3. The summed E-state index contributed by atoms with van der Waals surface area (Å²) in [5.74, 6) is 0.995. The fraction of sp³-hybridized carbons (Fsp3) is 0.296. The van der Waals surface area contributed by atoms with E-state index in [1.807, 2.05) is 42.5 Å². The fourth-order valence-electron chi connectivity index (χ4n) is 4.04. The number of halogens is 1. The molecule has 1 saturated heterocycles. The van der Waals surface area contributed by atoms with E-state index in [0.29, 0.717) is 55.4 Å². The number of nitrogens with zero attached hydrogens (tertiary/aromatic N) is 2. The Morgan fingerprint density at radius 2 is 1.86 bits per heavy atom. The van der Waals surface area contributed by atoms with Crippen molar-refractivity contribution in [1.29, 1.82) is 0 Å². The molecular weight excluding hydrogens is 466 g/mol. The van der Waals surface area contributed by atoms with E-state index in [4.69, 9.17) is 21.1 Å². The smallest absolute Gasteiger partial charge is 0.257 e. The highest BCUT2D eigenvalue weighted by molar-refractivity contribution is 6.31. The highest BCUT2D eigenvalue weighted by atomic mass is 35.5. The molecule has 0 bridgehead atoms. The van der Waals surface area contributed by atoms with Crippen LogP contribution in [0.5, 0.6) is 11.5 Å². The lowest BCUT2D eigenvalue weighted by Gasteiger charge is -2.31. The van der Waals surface area contributed by atoms with E-state index in [0.717, 1.165) is 17.0 Å². The van der Waals surface area contributed by atoms with Crippen LogP contribution in [0, 0.1) is 5.92 Å². The molecule has 0 saturated carbocycles. The number of carbonyl (C=O) groups excluding carboxylic acids is 2. The highest BCUT2D eigenvalue weighted by Crippen LogP contribution is 2.26. The van der Waals surface area contributed by atoms with Crippen LogP contribution >= 0.6 is 11.6 Å². The Bertz CT molecular complexity index is 1150. The van der Waals surface area contributed by atoms with Crippen molar-refractivity contribution in [2.24, 2.45) is 5.92 Å². The largest absolute Gasteiger partial charge is 0.496 e. The Kier molecular flexibility index (Phi) is 8.21. The Labute approximate surface area is 210 Å². The molecule has 0 radical (unpaired) electrons. The molecule has 1 fully saturated rings. The molecule has 0 aliphatic carbocycles. The first-order chi connectivity index (χ1) is 17.0. The number of piperidine rings is 1. The van der Waals surface area contributed by atoms with Gasteiger partial charge in [-0.3, -0.25) is 14.6 Å². The van der Waals surface area contributed by atoms with Gasteiger partial charge in [-0.2, -0.15) is 0 Å². The van der Waals surface area contributed by atoms with Crippen LogP contribution in [0.1, 0.15) is 34.5 Å². The number of ether oxygens (including phenoxy) is 2. The first kappa shape index (κ1) is 24.5. The van der Waals surface area contributed by atoms with E-state index in [1.54, 1.807) is 29.3 Å². The first-order valence-electron chi connectivity index (χ1n) is 11.6. The van der Waals surface area contributed by atoms with Crippen molar-refractivity contribution in [3.8, 4) is 11.5 Å². The van der Waals surface area contributed by atoms with Gasteiger partial charge in [-0.15, -0.1) is 0 Å². The number of carbonyl (C=O) groups is 2. The third-order valence-electron chi connectivity index (χ3n) is 6.05. The summed E-state index contributed by atoms with van der Waals surface area (Å²) in [6, 6.07) is 18.4. The van der Waals surface area contributed by atoms with Gasteiger partial charge in [-0.05, 0) is 60.9 Å². The van der Waals surface area contributed by atoms with Gasteiger partial charge in [0, 0.05) is 36.8 Å². The Balaban J connectivity index is 1.23. The minimum absolute atomic E-state index is 0.00733. The zero-order chi connectivity index (χ0) is 24.6. The summed E-state index contributed by atoms with van der Waals surface area (Å²) in [5, 5.41) is 3.50. The molecule has 2 heterocycles. The lowest BCUT2D eigenvalue weighted by atomic mass is 9.95. The lowest BCUT2D eigenvalue weighted by molar-refractivity contribution is -0.126. The molecule has 2 amide bonds. The monoisotopic (exact) mass is 493 g/mol. The van der Waals surface area contributed by atoms with E-state index >= 15 is 0 Å². The molecule has 3 aromatic rings. The molecule has 1 aliphatic heterocycles. The molecular formula is C27H28ClN3O4. The summed E-state index contributed by atoms with van der Waals surface area (Å²) in [4.78, 5) is 31.6. The van der Waals surface area contributed by atoms with Crippen LogP contribution in [0.15, 0.2) is 66.9 Å². The number of likely N-dealkylation sites (tertiary alicyclic amines) is 1. The number of hydrogen-bond donors (Lipinski definition) is 1. The number of rotatable bonds is 8. The lowest BCUT2D eigenvalue weighted by Crippen LogP contribution is -2.43. The third-order valence-corrected chi connectivity index (χ3v) is 6.28. The van der Waals surface area contributed by atoms with Gasteiger partial charge in [0.05, 0.1) is 18.4 Å². The molecule has 182 valence electrons. The molecule has 1 aromatic heterocycles. The van der Waals surface area contributed by atoms with Crippen LogP contribution in [-0.4, -0.2) is 41.9 Å². The summed E-state index contributed by atoms with van der Waals surface area (Å²) in [6.45, 7) is 1.87. The second-order valence-corrected chi connectivity index (χ2v) is 8.82. The second kappa shape index (κ2) is 11.7. The zero-order valence-electron chi connectivity index (χ0n) is 19.6. The quantitative estimate of drug-likeness (QED) is 0.500. The summed E-state index contributed by atoms with van der Waals surface area (Å²) in [5.41, 5.74) is 2.29. The van der Waals surface area contributed by atoms with Crippen molar-refractivity contribution in [2.45, 2.75) is 26.0 Å². The number of nitrogens with one attached hydrogen (secondary N) is 1. The molecule has 8 heteroatoms. The molecule has 0 atom stereocenters. The standard InChI is InChI=1S/C27H28ClN3O4/c1-34-25-10-7-21(28)16-24(25)27(33)31-14-11-20(12-15-31)26(32)30-17-19-5-8-23(9-6-19)35-18-22-4-2-3-13-29-22/h2-10,13,16,20H,11-12,14-15,17-18H2,1H3,(H,30,32). The SMILES string of the molecule is COc1ccc(Cl)cc1C(=O)N1CCC(C(=O)NCc2ccc(OCc3ccccn3)cc2)CC1. The van der Waals surface area contributed by atoms with Gasteiger partial charge in [-0.25, -0.2) is 0 Å². The van der Waals surface area contributed by atoms with Crippen LogP contribution in [0.3, 0.4) is 0 Å². The predicted molar refractivity (Wildman–Crippen MR) is 133 cm³/mol. The van der Waals surface area contributed by atoms with Crippen LogP contribution < -0.4 is 14.8 Å². The number of methoxy groups -OCH3 is 1. The van der Waals surface area contributed by atoms with Gasteiger partial charge in [-0.1, -0.05) is 29.8 Å². The van der Waals surface area contributed by atoms with Gasteiger partial charge in [0.15, 0.2) is 0 Å². The Hall–Kier alpha value is -3.58. The molecule has 7 nitrogen and oxygen atoms in total. The Morgan fingerprint density at radius 3 is 2.54 bits per heavy atom. The molecule has 0 unspecified atom stereocenters. The van der Waals surface area contributed by atoms with Crippen LogP contribution in [0.2, 0.25) is 5.02 Å². The van der Waals surface area contributed by atoms with E-state index in [2.05, 4.69) is 10.3 Å². The minimum Gasteiger partial charge on any atom is -0.496 e. The molecule has 4 rings (SSSR count). The fourth-order valence-corrected chi connectivity index (χ4v) is 4.21. The van der Waals surface area contributed by atoms with E-state index in [-0.39, 0.29) is 17.7 Å². The number of benzene rings is 2. The molecule has 35 heavy (non-hydrogen) atoms. The number of hydrogen-bond acceptors (Lipinski definition) is 5. The minimum atomic E-state index is -0.131.